The molecule has 24 heavy (non-hydrogen) atoms. The summed E-state index contributed by atoms with van der Waals surface area (Å²) in [6.45, 7) is 3.61. The molecule has 0 saturated heterocycles. The van der Waals surface area contributed by atoms with Crippen molar-refractivity contribution >= 4 is 23.0 Å². The maximum Gasteiger partial charge on any atom is 0.299 e. The van der Waals surface area contributed by atoms with Crippen LogP contribution in [0.15, 0.2) is 57.5 Å². The van der Waals surface area contributed by atoms with E-state index in [0.717, 1.165) is 5.56 Å². The molecule has 0 aliphatic carbocycles. The minimum Gasteiger partial charge on any atom is -0.506 e. The quantitative estimate of drug-likeness (QED) is 0.684. The van der Waals surface area contributed by atoms with Gasteiger partial charge in [-0.2, -0.15) is 0 Å². The van der Waals surface area contributed by atoms with Crippen LogP contribution in [0.4, 0.5) is 11.4 Å². The Kier molecular flexibility index (Phi) is 4.22. The Bertz CT molecular complexity index is 988. The molecule has 7 heteroatoms. The number of phenolic OH excluding ortho intramolecular Hbond substituents is 1. The van der Waals surface area contributed by atoms with Crippen molar-refractivity contribution in [2.75, 3.05) is 0 Å². The van der Waals surface area contributed by atoms with E-state index in [1.807, 2.05) is 6.92 Å². The average molecular weight is 343 g/mol. The van der Waals surface area contributed by atoms with Crippen molar-refractivity contribution in [3.8, 4) is 11.4 Å². The van der Waals surface area contributed by atoms with E-state index in [0.29, 0.717) is 22.1 Å². The number of aromatic amines is 1. The summed E-state index contributed by atoms with van der Waals surface area (Å²) < 4.78 is 1.35. The Morgan fingerprint density at radius 1 is 1.12 bits per heavy atom. The van der Waals surface area contributed by atoms with Crippen molar-refractivity contribution in [2.45, 2.75) is 13.8 Å². The van der Waals surface area contributed by atoms with Gasteiger partial charge in [-0.3, -0.25) is 9.89 Å². The van der Waals surface area contributed by atoms with E-state index in [9.17, 15) is 9.90 Å². The van der Waals surface area contributed by atoms with Crippen LogP contribution in [-0.4, -0.2) is 14.9 Å². The van der Waals surface area contributed by atoms with Gasteiger partial charge in [-0.1, -0.05) is 23.7 Å². The van der Waals surface area contributed by atoms with Crippen LogP contribution >= 0.6 is 11.6 Å². The molecule has 6 nitrogen and oxygen atoms in total. The first kappa shape index (κ1) is 16.0. The Hall–Kier alpha value is -2.86. The predicted molar refractivity (Wildman–Crippen MR) is 93.2 cm³/mol. The standard InChI is InChI=1S/C17H15ClN4O2/c1-10-6-7-15(23)14(8-10)19-20-16-11(2)21-22(17(16)24)13-5-3-4-12(18)9-13/h3-9,21,23H,1-2H3. The molecular weight excluding hydrogens is 328 g/mol. The zero-order chi connectivity index (χ0) is 17.3. The molecule has 3 aromatic rings. The summed E-state index contributed by atoms with van der Waals surface area (Å²) in [5.74, 6) is 0.00713. The second-order valence-corrected chi connectivity index (χ2v) is 5.83. The van der Waals surface area contributed by atoms with E-state index in [2.05, 4.69) is 15.3 Å². The lowest BCUT2D eigenvalue weighted by Gasteiger charge is -2.01. The highest BCUT2D eigenvalue weighted by molar-refractivity contribution is 6.30. The molecule has 0 bridgehead atoms. The van der Waals surface area contributed by atoms with Crippen LogP contribution in [0.2, 0.25) is 5.02 Å². The molecule has 1 heterocycles. The van der Waals surface area contributed by atoms with Crippen LogP contribution in [0.25, 0.3) is 5.69 Å². The van der Waals surface area contributed by atoms with Gasteiger partial charge in [-0.15, -0.1) is 10.2 Å². The number of hydrogen-bond acceptors (Lipinski definition) is 4. The fraction of sp³-hybridized carbons (Fsp3) is 0.118. The largest absolute Gasteiger partial charge is 0.506 e. The molecule has 0 saturated carbocycles. The number of rotatable bonds is 3. The van der Waals surface area contributed by atoms with Crippen LogP contribution in [0.5, 0.6) is 5.75 Å². The summed E-state index contributed by atoms with van der Waals surface area (Å²) >= 11 is 5.97. The number of halogens is 1. The van der Waals surface area contributed by atoms with E-state index in [1.165, 1.54) is 10.7 Å². The molecular formula is C17H15ClN4O2. The molecule has 0 fully saturated rings. The van der Waals surface area contributed by atoms with E-state index < -0.39 is 0 Å². The second kappa shape index (κ2) is 6.33. The molecule has 2 aromatic carbocycles. The molecule has 0 aliphatic rings. The summed E-state index contributed by atoms with van der Waals surface area (Å²) in [5.41, 5.74) is 2.25. The molecule has 1 aromatic heterocycles. The van der Waals surface area contributed by atoms with E-state index in [1.54, 1.807) is 43.3 Å². The van der Waals surface area contributed by atoms with Crippen molar-refractivity contribution in [1.29, 1.82) is 0 Å². The van der Waals surface area contributed by atoms with Gasteiger partial charge in [0.25, 0.3) is 5.56 Å². The van der Waals surface area contributed by atoms with Gasteiger partial charge in [0, 0.05) is 5.02 Å². The fourth-order valence-electron chi connectivity index (χ4n) is 2.27. The number of hydrogen-bond donors (Lipinski definition) is 2. The minimum atomic E-state index is -0.342. The third-order valence-corrected chi connectivity index (χ3v) is 3.73. The fourth-order valence-corrected chi connectivity index (χ4v) is 2.45. The molecule has 0 aliphatic heterocycles. The van der Waals surface area contributed by atoms with E-state index in [-0.39, 0.29) is 17.0 Å². The topological polar surface area (TPSA) is 82.7 Å². The number of azo groups is 1. The van der Waals surface area contributed by atoms with Gasteiger partial charge in [-0.25, -0.2) is 4.68 Å². The zero-order valence-corrected chi connectivity index (χ0v) is 13.9. The number of aryl methyl sites for hydroxylation is 2. The van der Waals surface area contributed by atoms with E-state index in [4.69, 9.17) is 11.6 Å². The normalized spacial score (nSPS) is 11.3. The lowest BCUT2D eigenvalue weighted by Crippen LogP contribution is -2.13. The first-order chi connectivity index (χ1) is 11.5. The highest BCUT2D eigenvalue weighted by Crippen LogP contribution is 2.28. The molecule has 0 amide bonds. The van der Waals surface area contributed by atoms with Crippen molar-refractivity contribution in [2.24, 2.45) is 10.2 Å². The minimum absolute atomic E-state index is 0.00713. The number of phenols is 1. The molecule has 3 rings (SSSR count). The maximum absolute atomic E-state index is 12.5. The third kappa shape index (κ3) is 3.09. The third-order valence-electron chi connectivity index (χ3n) is 3.50. The van der Waals surface area contributed by atoms with Crippen LogP contribution in [0.1, 0.15) is 11.3 Å². The van der Waals surface area contributed by atoms with Crippen molar-refractivity contribution < 1.29 is 5.11 Å². The number of aromatic nitrogens is 2. The van der Waals surface area contributed by atoms with Gasteiger partial charge in [0.1, 0.15) is 11.4 Å². The van der Waals surface area contributed by atoms with Gasteiger partial charge >= 0.3 is 0 Å². The number of aromatic hydroxyl groups is 1. The lowest BCUT2D eigenvalue weighted by atomic mass is 10.2. The smallest absolute Gasteiger partial charge is 0.299 e. The van der Waals surface area contributed by atoms with Gasteiger partial charge in [-0.05, 0) is 49.7 Å². The highest BCUT2D eigenvalue weighted by atomic mass is 35.5. The first-order valence-electron chi connectivity index (χ1n) is 7.24. The SMILES string of the molecule is Cc1ccc(O)c(N=Nc2c(C)[nH]n(-c3cccc(Cl)c3)c2=O)c1. The van der Waals surface area contributed by atoms with Crippen molar-refractivity contribution in [3.05, 3.63) is 69.1 Å². The van der Waals surface area contributed by atoms with Crippen molar-refractivity contribution in [3.63, 3.8) is 0 Å². The Balaban J connectivity index is 2.02. The Labute approximate surface area is 143 Å². The van der Waals surface area contributed by atoms with Gasteiger partial charge in [0.05, 0.1) is 11.4 Å². The van der Waals surface area contributed by atoms with E-state index >= 15 is 0 Å². The molecule has 2 N–H and O–H groups in total. The zero-order valence-electron chi connectivity index (χ0n) is 13.1. The van der Waals surface area contributed by atoms with Crippen LogP contribution in [0.3, 0.4) is 0 Å². The first-order valence-corrected chi connectivity index (χ1v) is 7.62. The van der Waals surface area contributed by atoms with Gasteiger partial charge < -0.3 is 5.11 Å². The van der Waals surface area contributed by atoms with Crippen LogP contribution in [-0.2, 0) is 0 Å². The monoisotopic (exact) mass is 342 g/mol. The Morgan fingerprint density at radius 3 is 2.67 bits per heavy atom. The number of benzene rings is 2. The average Bonchev–Trinajstić information content (AvgIpc) is 2.83. The molecule has 0 radical (unpaired) electrons. The van der Waals surface area contributed by atoms with Crippen LogP contribution in [0, 0.1) is 13.8 Å². The highest BCUT2D eigenvalue weighted by Gasteiger charge is 2.12. The molecule has 0 spiro atoms. The number of nitrogens with zero attached hydrogens (tertiary/aromatic N) is 3. The summed E-state index contributed by atoms with van der Waals surface area (Å²) in [6, 6.07) is 11.9. The van der Waals surface area contributed by atoms with Gasteiger partial charge in [0.15, 0.2) is 5.69 Å². The second-order valence-electron chi connectivity index (χ2n) is 5.40. The summed E-state index contributed by atoms with van der Waals surface area (Å²) in [6.07, 6.45) is 0. The van der Waals surface area contributed by atoms with Crippen molar-refractivity contribution in [1.82, 2.24) is 9.78 Å². The predicted octanol–water partition coefficient (Wildman–Crippen LogP) is 4.56. The molecule has 122 valence electrons. The number of nitrogens with one attached hydrogen (secondary N) is 1. The summed E-state index contributed by atoms with van der Waals surface area (Å²) in [4.78, 5) is 12.5. The summed E-state index contributed by atoms with van der Waals surface area (Å²) in [7, 11) is 0. The summed E-state index contributed by atoms with van der Waals surface area (Å²) in [5, 5.41) is 21.3. The maximum atomic E-state index is 12.5. The molecule has 0 unspecified atom stereocenters. The Morgan fingerprint density at radius 2 is 1.92 bits per heavy atom. The van der Waals surface area contributed by atoms with Gasteiger partial charge in [0.2, 0.25) is 0 Å². The molecule has 0 atom stereocenters. The lowest BCUT2D eigenvalue weighted by molar-refractivity contribution is 0.476. The van der Waals surface area contributed by atoms with Crippen LogP contribution < -0.4 is 5.56 Å². The number of H-pyrrole nitrogens is 1.